The average Bonchev–Trinajstić information content (AvgIpc) is 2.51. The minimum atomic E-state index is -0.529. The van der Waals surface area contributed by atoms with Crippen LogP contribution in [0.3, 0.4) is 0 Å². The van der Waals surface area contributed by atoms with Crippen LogP contribution < -0.4 is 0 Å². The first-order valence-corrected chi connectivity index (χ1v) is 8.33. The van der Waals surface area contributed by atoms with E-state index in [1.807, 2.05) is 6.08 Å². The molecule has 0 aliphatic rings. The molecule has 0 rings (SSSR count). The van der Waals surface area contributed by atoms with E-state index < -0.39 is 6.10 Å². The van der Waals surface area contributed by atoms with Gasteiger partial charge in [-0.25, -0.2) is 4.79 Å². The Morgan fingerprint density at radius 2 is 1.70 bits per heavy atom. The number of hydrogen-bond acceptors (Lipinski definition) is 4. The van der Waals surface area contributed by atoms with Crippen molar-refractivity contribution in [2.45, 2.75) is 71.3 Å². The van der Waals surface area contributed by atoms with E-state index >= 15 is 0 Å². The summed E-state index contributed by atoms with van der Waals surface area (Å²) in [7, 11) is 1.48. The number of rotatable bonds is 14. The zero-order chi connectivity index (χ0) is 16.8. The van der Waals surface area contributed by atoms with Gasteiger partial charge in [-0.05, 0) is 46.0 Å². The summed E-state index contributed by atoms with van der Waals surface area (Å²) in [5, 5.41) is 0. The first-order chi connectivity index (χ1) is 10.5. The molecular formula is C18H32BO4. The molecule has 2 unspecified atom stereocenters. The molecule has 131 valence electrons. The summed E-state index contributed by atoms with van der Waals surface area (Å²) < 4.78 is 10.00. The lowest BCUT2D eigenvalue weighted by atomic mass is 9.92. The lowest BCUT2D eigenvalue weighted by Crippen LogP contribution is -2.22. The van der Waals surface area contributed by atoms with Gasteiger partial charge in [0.15, 0.2) is 6.10 Å². The highest BCUT2D eigenvalue weighted by Crippen LogP contribution is 2.18. The van der Waals surface area contributed by atoms with E-state index in [4.69, 9.17) is 9.47 Å². The molecule has 0 aromatic rings. The summed E-state index contributed by atoms with van der Waals surface area (Å²) in [5.41, 5.74) is 0. The molecule has 3 radical (unpaired) electrons. The molecule has 0 aliphatic heterocycles. The van der Waals surface area contributed by atoms with Gasteiger partial charge in [0.2, 0.25) is 0 Å². The topological polar surface area (TPSA) is 52.6 Å². The van der Waals surface area contributed by atoms with Gasteiger partial charge in [-0.1, -0.05) is 25.3 Å². The highest BCUT2D eigenvalue weighted by molar-refractivity contribution is 5.78. The van der Waals surface area contributed by atoms with E-state index in [2.05, 4.69) is 6.58 Å². The van der Waals surface area contributed by atoms with Crippen LogP contribution >= 0.6 is 0 Å². The molecule has 0 aliphatic carbocycles. The number of ether oxygens (including phenoxy) is 2. The van der Waals surface area contributed by atoms with Crippen LogP contribution in [0.2, 0.25) is 0 Å². The molecule has 0 aromatic carbocycles. The van der Waals surface area contributed by atoms with Crippen LogP contribution in [-0.2, 0) is 19.1 Å². The van der Waals surface area contributed by atoms with Crippen LogP contribution in [-0.4, -0.2) is 40.0 Å². The molecule has 0 bridgehead atoms. The molecule has 2 atom stereocenters. The highest BCUT2D eigenvalue weighted by atomic mass is 16.6. The van der Waals surface area contributed by atoms with Crippen LogP contribution in [0.5, 0.6) is 0 Å². The van der Waals surface area contributed by atoms with Gasteiger partial charge in [0, 0.05) is 21.4 Å². The number of esters is 1. The first-order valence-electron chi connectivity index (χ1n) is 8.33. The zero-order valence-electron chi connectivity index (χ0n) is 15.0. The molecule has 5 heteroatoms. The second kappa shape index (κ2) is 15.8. The lowest BCUT2D eigenvalue weighted by Gasteiger charge is -2.14. The Morgan fingerprint density at radius 3 is 2.26 bits per heavy atom. The van der Waals surface area contributed by atoms with Crippen LogP contribution in [0.4, 0.5) is 0 Å². The zero-order valence-corrected chi connectivity index (χ0v) is 15.0. The molecule has 0 heterocycles. The fraction of sp³-hybridized carbons (Fsp3) is 0.778. The van der Waals surface area contributed by atoms with Crippen molar-refractivity contribution in [3.05, 3.63) is 12.7 Å². The van der Waals surface area contributed by atoms with E-state index in [0.717, 1.165) is 38.5 Å². The lowest BCUT2D eigenvalue weighted by molar-refractivity contribution is -0.154. The Labute approximate surface area is 143 Å². The summed E-state index contributed by atoms with van der Waals surface area (Å²) >= 11 is 0. The molecule has 0 saturated heterocycles. The van der Waals surface area contributed by atoms with Crippen molar-refractivity contribution in [1.29, 1.82) is 0 Å². The summed E-state index contributed by atoms with van der Waals surface area (Å²) in [6.45, 7) is 7.38. The Morgan fingerprint density at radius 1 is 1.09 bits per heavy atom. The van der Waals surface area contributed by atoms with E-state index in [-0.39, 0.29) is 26.1 Å². The van der Waals surface area contributed by atoms with Gasteiger partial charge in [0.05, 0.1) is 6.61 Å². The highest BCUT2D eigenvalue weighted by Gasteiger charge is 2.15. The third-order valence-electron chi connectivity index (χ3n) is 3.91. The van der Waals surface area contributed by atoms with E-state index in [9.17, 15) is 9.59 Å². The van der Waals surface area contributed by atoms with Gasteiger partial charge in [-0.2, -0.15) is 0 Å². The Kier molecular flexibility index (Phi) is 16.6. The minimum Gasteiger partial charge on any atom is -0.464 e. The van der Waals surface area contributed by atoms with E-state index in [1.165, 1.54) is 20.0 Å². The fourth-order valence-corrected chi connectivity index (χ4v) is 2.30. The third-order valence-corrected chi connectivity index (χ3v) is 3.91. The Hall–Kier alpha value is -1.10. The minimum absolute atomic E-state index is 0. The number of methoxy groups -OCH3 is 1. The van der Waals surface area contributed by atoms with E-state index in [0.29, 0.717) is 6.61 Å². The second-order valence-electron chi connectivity index (χ2n) is 5.78. The molecule has 4 nitrogen and oxygen atoms in total. The van der Waals surface area contributed by atoms with Crippen LogP contribution in [0.15, 0.2) is 12.7 Å². The maximum Gasteiger partial charge on any atom is 0.334 e. The van der Waals surface area contributed by atoms with Crippen molar-refractivity contribution in [2.75, 3.05) is 13.7 Å². The summed E-state index contributed by atoms with van der Waals surface area (Å²) in [4.78, 5) is 23.1. The SMILES string of the molecule is C=CCCCCCCC(CCCOC(=O)C(C)OC)C(C)=O.[B]. The van der Waals surface area contributed by atoms with Crippen molar-refractivity contribution < 1.29 is 19.1 Å². The number of Topliss-reactive ketones (excluding diaryl/α,β-unsaturated/α-hetero) is 1. The second-order valence-corrected chi connectivity index (χ2v) is 5.78. The Balaban J connectivity index is 0. The predicted octanol–water partition coefficient (Wildman–Crippen LogP) is 3.70. The number of ketones is 1. The van der Waals surface area contributed by atoms with Crippen molar-refractivity contribution in [2.24, 2.45) is 5.92 Å². The summed E-state index contributed by atoms with van der Waals surface area (Å²) in [6, 6.07) is 0. The number of allylic oxidation sites excluding steroid dienone is 1. The molecule has 23 heavy (non-hydrogen) atoms. The largest absolute Gasteiger partial charge is 0.464 e. The fourth-order valence-electron chi connectivity index (χ4n) is 2.30. The monoisotopic (exact) mass is 323 g/mol. The van der Waals surface area contributed by atoms with Gasteiger partial charge in [0.1, 0.15) is 5.78 Å². The molecule has 0 N–H and O–H groups in total. The van der Waals surface area contributed by atoms with Crippen LogP contribution in [0, 0.1) is 5.92 Å². The molecule has 0 aromatic heterocycles. The maximum absolute atomic E-state index is 11.7. The molecule has 0 fully saturated rings. The quantitative estimate of drug-likeness (QED) is 0.212. The molecule has 0 saturated carbocycles. The van der Waals surface area contributed by atoms with Gasteiger partial charge >= 0.3 is 5.97 Å². The van der Waals surface area contributed by atoms with E-state index in [1.54, 1.807) is 13.8 Å². The van der Waals surface area contributed by atoms with Crippen molar-refractivity contribution >= 4 is 20.2 Å². The standard InChI is InChI=1S/C18H32O4.B/c1-5-6-7-8-9-10-12-17(15(2)19)13-11-14-22-18(20)16(3)21-4;/h5,16-17H,1,6-14H2,2-4H3;. The van der Waals surface area contributed by atoms with Gasteiger partial charge in [-0.15, -0.1) is 6.58 Å². The molecular weight excluding hydrogens is 291 g/mol. The summed E-state index contributed by atoms with van der Waals surface area (Å²) in [6.07, 6.45) is 9.57. The number of unbranched alkanes of at least 4 members (excludes halogenated alkanes) is 4. The molecule has 0 amide bonds. The normalized spacial score (nSPS) is 12.8. The predicted molar refractivity (Wildman–Crippen MR) is 94.5 cm³/mol. The van der Waals surface area contributed by atoms with Crippen molar-refractivity contribution in [3.8, 4) is 0 Å². The number of carbonyl (C=O) groups excluding carboxylic acids is 2. The van der Waals surface area contributed by atoms with Gasteiger partial charge in [-0.3, -0.25) is 4.79 Å². The van der Waals surface area contributed by atoms with Gasteiger partial charge < -0.3 is 9.47 Å². The number of carbonyl (C=O) groups is 2. The van der Waals surface area contributed by atoms with Gasteiger partial charge in [0.25, 0.3) is 0 Å². The molecule has 0 spiro atoms. The third kappa shape index (κ3) is 13.1. The maximum atomic E-state index is 11.7. The van der Waals surface area contributed by atoms with Crippen LogP contribution in [0.1, 0.15) is 65.2 Å². The smallest absolute Gasteiger partial charge is 0.334 e. The van der Waals surface area contributed by atoms with Crippen molar-refractivity contribution in [1.82, 2.24) is 0 Å². The van der Waals surface area contributed by atoms with Crippen LogP contribution in [0.25, 0.3) is 0 Å². The first kappa shape index (κ1) is 24.2. The Bertz CT molecular complexity index is 331. The summed E-state index contributed by atoms with van der Waals surface area (Å²) in [5.74, 6) is -0.00951. The number of hydrogen-bond donors (Lipinski definition) is 0. The average molecular weight is 323 g/mol. The van der Waals surface area contributed by atoms with Crippen molar-refractivity contribution in [3.63, 3.8) is 0 Å².